The van der Waals surface area contributed by atoms with E-state index in [4.69, 9.17) is 5.73 Å². The lowest BCUT2D eigenvalue weighted by Gasteiger charge is -2.28. The number of carbonyl (C=O) groups excluding carboxylic acids is 1. The van der Waals surface area contributed by atoms with Crippen molar-refractivity contribution < 1.29 is 4.79 Å². The van der Waals surface area contributed by atoms with E-state index in [1.165, 1.54) is 0 Å². The van der Waals surface area contributed by atoms with Crippen LogP contribution in [0.5, 0.6) is 0 Å². The van der Waals surface area contributed by atoms with E-state index in [0.29, 0.717) is 0 Å². The molecule has 4 N–H and O–H groups in total. The van der Waals surface area contributed by atoms with Crippen molar-refractivity contribution in [1.29, 1.82) is 0 Å². The van der Waals surface area contributed by atoms with Gasteiger partial charge in [0.1, 0.15) is 0 Å². The van der Waals surface area contributed by atoms with Gasteiger partial charge in [-0.3, -0.25) is 0 Å². The summed E-state index contributed by atoms with van der Waals surface area (Å²) in [5.74, 6) is 0. The molecule has 0 aliphatic rings. The van der Waals surface area contributed by atoms with E-state index in [1.807, 2.05) is 38.1 Å². The molecule has 0 aliphatic carbocycles. The summed E-state index contributed by atoms with van der Waals surface area (Å²) >= 11 is 0. The number of hydrogen-bond donors (Lipinski definition) is 3. The number of hydrogen-bond acceptors (Lipinski definition) is 2. The lowest BCUT2D eigenvalue weighted by molar-refractivity contribution is 0.233. The molecule has 0 saturated heterocycles. The van der Waals surface area contributed by atoms with Crippen LogP contribution in [0.2, 0.25) is 0 Å². The normalized spacial score (nSPS) is 14.6. The fourth-order valence-electron chi connectivity index (χ4n) is 1.45. The minimum Gasteiger partial charge on any atom is -0.335 e. The fraction of sp³-hybridized carbons (Fsp3) is 0.533. The van der Waals surface area contributed by atoms with Gasteiger partial charge in [0.15, 0.2) is 0 Å². The van der Waals surface area contributed by atoms with Crippen LogP contribution in [0.4, 0.5) is 10.5 Å². The van der Waals surface area contributed by atoms with Crippen LogP contribution in [0, 0.1) is 5.41 Å². The van der Waals surface area contributed by atoms with Crippen molar-refractivity contribution in [3.8, 4) is 0 Å². The minimum atomic E-state index is -0.184. The van der Waals surface area contributed by atoms with Crippen molar-refractivity contribution in [2.24, 2.45) is 11.1 Å². The van der Waals surface area contributed by atoms with Crippen LogP contribution >= 0.6 is 0 Å². The van der Waals surface area contributed by atoms with Crippen molar-refractivity contribution in [2.75, 3.05) is 5.32 Å². The SMILES string of the molecule is CC(N)c1ccc(NC(=O)NC(C)C(C)(C)C)cc1. The third-order valence-electron chi connectivity index (χ3n) is 3.34. The van der Waals surface area contributed by atoms with Gasteiger partial charge in [-0.15, -0.1) is 0 Å². The highest BCUT2D eigenvalue weighted by Crippen LogP contribution is 2.19. The molecule has 0 aromatic heterocycles. The lowest BCUT2D eigenvalue weighted by atomic mass is 9.88. The van der Waals surface area contributed by atoms with Crippen LogP contribution in [0.15, 0.2) is 24.3 Å². The first-order valence-electron chi connectivity index (χ1n) is 6.63. The number of benzene rings is 1. The van der Waals surface area contributed by atoms with Crippen molar-refractivity contribution in [3.63, 3.8) is 0 Å². The first-order valence-corrected chi connectivity index (χ1v) is 6.63. The largest absolute Gasteiger partial charge is 0.335 e. The average Bonchev–Trinajstić information content (AvgIpc) is 2.28. The molecule has 1 rings (SSSR count). The third-order valence-corrected chi connectivity index (χ3v) is 3.34. The van der Waals surface area contributed by atoms with Gasteiger partial charge in [-0.2, -0.15) is 0 Å². The van der Waals surface area contributed by atoms with Gasteiger partial charge in [-0.1, -0.05) is 32.9 Å². The zero-order valence-electron chi connectivity index (χ0n) is 12.4. The lowest BCUT2D eigenvalue weighted by Crippen LogP contribution is -2.43. The van der Waals surface area contributed by atoms with E-state index < -0.39 is 0 Å². The average molecular weight is 263 g/mol. The Morgan fingerprint density at radius 2 is 1.68 bits per heavy atom. The van der Waals surface area contributed by atoms with Crippen molar-refractivity contribution in [3.05, 3.63) is 29.8 Å². The van der Waals surface area contributed by atoms with Crippen LogP contribution in [0.25, 0.3) is 0 Å². The van der Waals surface area contributed by atoms with Crippen LogP contribution in [0.3, 0.4) is 0 Å². The van der Waals surface area contributed by atoms with Crippen LogP contribution < -0.4 is 16.4 Å². The summed E-state index contributed by atoms with van der Waals surface area (Å²) in [7, 11) is 0. The highest BCUT2D eigenvalue weighted by molar-refractivity contribution is 5.89. The van der Waals surface area contributed by atoms with Gasteiger partial charge < -0.3 is 16.4 Å². The molecule has 0 fully saturated rings. The molecule has 0 heterocycles. The summed E-state index contributed by atoms with van der Waals surface area (Å²) in [6, 6.07) is 7.48. The predicted molar refractivity (Wildman–Crippen MR) is 80.1 cm³/mol. The molecule has 1 aromatic rings. The molecule has 106 valence electrons. The molecule has 0 radical (unpaired) electrons. The van der Waals surface area contributed by atoms with Crippen molar-refractivity contribution in [1.82, 2.24) is 5.32 Å². The van der Waals surface area contributed by atoms with Gasteiger partial charge in [-0.25, -0.2) is 4.79 Å². The zero-order valence-corrected chi connectivity index (χ0v) is 12.4. The number of amides is 2. The van der Waals surface area contributed by atoms with Crippen LogP contribution in [-0.4, -0.2) is 12.1 Å². The molecule has 0 spiro atoms. The number of rotatable bonds is 3. The maximum absolute atomic E-state index is 11.8. The molecule has 0 saturated carbocycles. The molecule has 2 atom stereocenters. The number of nitrogens with two attached hydrogens (primary N) is 1. The van der Waals surface area contributed by atoms with E-state index in [1.54, 1.807) is 0 Å². The monoisotopic (exact) mass is 263 g/mol. The number of nitrogens with one attached hydrogen (secondary N) is 2. The fourth-order valence-corrected chi connectivity index (χ4v) is 1.45. The first-order chi connectivity index (χ1) is 8.70. The molecule has 4 heteroatoms. The predicted octanol–water partition coefficient (Wildman–Crippen LogP) is 3.26. The smallest absolute Gasteiger partial charge is 0.319 e. The standard InChI is InChI=1S/C15H25N3O/c1-10(16)12-6-8-13(9-7-12)18-14(19)17-11(2)15(3,4)5/h6-11H,16H2,1-5H3,(H2,17,18,19). The molecular formula is C15H25N3O. The Balaban J connectivity index is 2.58. The second-order valence-corrected chi connectivity index (χ2v) is 6.10. The van der Waals surface area contributed by atoms with Gasteiger partial charge in [0.05, 0.1) is 0 Å². The Morgan fingerprint density at radius 3 is 2.11 bits per heavy atom. The maximum atomic E-state index is 11.8. The Hall–Kier alpha value is -1.55. The topological polar surface area (TPSA) is 67.1 Å². The van der Waals surface area contributed by atoms with Crippen LogP contribution in [0.1, 0.15) is 46.2 Å². The second kappa shape index (κ2) is 6.06. The summed E-state index contributed by atoms with van der Waals surface area (Å²) in [6.07, 6.45) is 0. The van der Waals surface area contributed by atoms with Gasteiger partial charge in [-0.05, 0) is 37.0 Å². The quantitative estimate of drug-likeness (QED) is 0.783. The summed E-state index contributed by atoms with van der Waals surface area (Å²) in [6.45, 7) is 10.2. The van der Waals surface area contributed by atoms with E-state index >= 15 is 0 Å². The van der Waals surface area contributed by atoms with Gasteiger partial charge in [0.25, 0.3) is 0 Å². The molecule has 2 unspecified atom stereocenters. The highest BCUT2D eigenvalue weighted by atomic mass is 16.2. The molecule has 19 heavy (non-hydrogen) atoms. The Kier molecular flexibility index (Phi) is 4.95. The summed E-state index contributed by atoms with van der Waals surface area (Å²) in [5.41, 5.74) is 7.63. The van der Waals surface area contributed by atoms with Crippen molar-refractivity contribution in [2.45, 2.75) is 46.7 Å². The van der Waals surface area contributed by atoms with E-state index in [0.717, 1.165) is 11.3 Å². The number of urea groups is 1. The number of anilines is 1. The minimum absolute atomic E-state index is 0.00351. The highest BCUT2D eigenvalue weighted by Gasteiger charge is 2.21. The molecular weight excluding hydrogens is 238 g/mol. The van der Waals surface area contributed by atoms with E-state index in [-0.39, 0.29) is 23.5 Å². The summed E-state index contributed by atoms with van der Waals surface area (Å²) < 4.78 is 0. The van der Waals surface area contributed by atoms with Gasteiger partial charge in [0.2, 0.25) is 0 Å². The zero-order chi connectivity index (χ0) is 14.6. The Labute approximate surface area is 115 Å². The first kappa shape index (κ1) is 15.5. The molecule has 1 aromatic carbocycles. The number of carbonyl (C=O) groups is 1. The van der Waals surface area contributed by atoms with Crippen molar-refractivity contribution >= 4 is 11.7 Å². The second-order valence-electron chi connectivity index (χ2n) is 6.10. The molecule has 0 bridgehead atoms. The van der Waals surface area contributed by atoms with E-state index in [2.05, 4.69) is 31.4 Å². The Morgan fingerprint density at radius 1 is 1.16 bits per heavy atom. The summed E-state index contributed by atoms with van der Waals surface area (Å²) in [4.78, 5) is 11.8. The maximum Gasteiger partial charge on any atom is 0.319 e. The Bertz CT molecular complexity index is 418. The van der Waals surface area contributed by atoms with Crippen LogP contribution in [-0.2, 0) is 0 Å². The van der Waals surface area contributed by atoms with Gasteiger partial charge in [0, 0.05) is 17.8 Å². The summed E-state index contributed by atoms with van der Waals surface area (Å²) in [5, 5.41) is 5.75. The van der Waals surface area contributed by atoms with E-state index in [9.17, 15) is 4.79 Å². The molecule has 2 amide bonds. The molecule has 4 nitrogen and oxygen atoms in total. The van der Waals surface area contributed by atoms with Gasteiger partial charge >= 0.3 is 6.03 Å². The molecule has 0 aliphatic heterocycles. The third kappa shape index (κ3) is 4.91.